The molecule has 158 valence electrons. The van der Waals surface area contributed by atoms with Gasteiger partial charge in [-0.05, 0) is 75.3 Å². The molecule has 0 aromatic rings. The van der Waals surface area contributed by atoms with Gasteiger partial charge in [-0.3, -0.25) is 0 Å². The normalized spacial score (nSPS) is 25.9. The van der Waals surface area contributed by atoms with Gasteiger partial charge in [0, 0.05) is 18.6 Å². The van der Waals surface area contributed by atoms with E-state index < -0.39 is 5.67 Å². The molecule has 1 saturated heterocycles. The predicted octanol–water partition coefficient (Wildman–Crippen LogP) is 6.08. The fourth-order valence-electron chi connectivity index (χ4n) is 3.78. The van der Waals surface area contributed by atoms with Gasteiger partial charge < -0.3 is 10.2 Å². The third kappa shape index (κ3) is 6.66. The Bertz CT molecular complexity index is 641. The summed E-state index contributed by atoms with van der Waals surface area (Å²) in [5, 5.41) is 4.52. The molecule has 0 radical (unpaired) electrons. The average Bonchev–Trinajstić information content (AvgIpc) is 2.74. The van der Waals surface area contributed by atoms with Crippen molar-refractivity contribution in [1.29, 1.82) is 0 Å². The van der Waals surface area contributed by atoms with E-state index in [0.29, 0.717) is 17.5 Å². The Kier molecular flexibility index (Phi) is 9.29. The van der Waals surface area contributed by atoms with Crippen LogP contribution in [-0.2, 0) is 0 Å². The molecule has 0 bridgehead atoms. The SMILES string of the molecule is C=C/C(=C\C(=C/C)C(C)(C)F)C(=C)[C@@H](C)CC1NC[C@@H](C)CN(C(=C)S)C1C. The van der Waals surface area contributed by atoms with Crippen LogP contribution >= 0.6 is 12.6 Å². The lowest BCUT2D eigenvalue weighted by Gasteiger charge is -2.35. The van der Waals surface area contributed by atoms with E-state index in [2.05, 4.69) is 63.4 Å². The van der Waals surface area contributed by atoms with Crippen LogP contribution in [0, 0.1) is 11.8 Å². The highest BCUT2D eigenvalue weighted by Crippen LogP contribution is 2.30. The maximum atomic E-state index is 14.4. The maximum absolute atomic E-state index is 14.4. The van der Waals surface area contributed by atoms with Gasteiger partial charge in [0.15, 0.2) is 0 Å². The van der Waals surface area contributed by atoms with Gasteiger partial charge in [-0.15, -0.1) is 12.6 Å². The van der Waals surface area contributed by atoms with Crippen LogP contribution < -0.4 is 5.32 Å². The summed E-state index contributed by atoms with van der Waals surface area (Å²) in [7, 11) is 0. The molecule has 2 unspecified atom stereocenters. The summed E-state index contributed by atoms with van der Waals surface area (Å²) in [6.07, 6.45) is 6.40. The lowest BCUT2D eigenvalue weighted by molar-refractivity contribution is 0.233. The van der Waals surface area contributed by atoms with Crippen LogP contribution in [-0.4, -0.2) is 35.7 Å². The molecule has 1 N–H and O–H groups in total. The van der Waals surface area contributed by atoms with Crippen LogP contribution in [0.2, 0.25) is 0 Å². The van der Waals surface area contributed by atoms with Crippen molar-refractivity contribution < 1.29 is 4.39 Å². The fourth-order valence-corrected chi connectivity index (χ4v) is 4.05. The van der Waals surface area contributed by atoms with Gasteiger partial charge in [-0.2, -0.15) is 0 Å². The number of hydrogen-bond acceptors (Lipinski definition) is 3. The zero-order valence-corrected chi connectivity index (χ0v) is 19.5. The number of nitrogens with zero attached hydrogens (tertiary/aromatic N) is 1. The quantitative estimate of drug-likeness (QED) is 0.375. The van der Waals surface area contributed by atoms with Crippen molar-refractivity contribution in [2.45, 2.75) is 65.7 Å². The van der Waals surface area contributed by atoms with E-state index in [0.717, 1.165) is 35.7 Å². The smallest absolute Gasteiger partial charge is 0.130 e. The second kappa shape index (κ2) is 10.5. The van der Waals surface area contributed by atoms with Crippen LogP contribution in [0.25, 0.3) is 0 Å². The third-order valence-corrected chi connectivity index (χ3v) is 6.00. The third-order valence-electron chi connectivity index (χ3n) is 5.74. The van der Waals surface area contributed by atoms with E-state index in [-0.39, 0.29) is 12.0 Å². The Balaban J connectivity index is 3.00. The molecule has 0 aromatic heterocycles. The highest BCUT2D eigenvalue weighted by atomic mass is 32.1. The molecule has 1 rings (SSSR count). The lowest BCUT2D eigenvalue weighted by atomic mass is 9.86. The minimum atomic E-state index is -1.40. The van der Waals surface area contributed by atoms with Crippen molar-refractivity contribution in [1.82, 2.24) is 10.2 Å². The number of hydrogen-bond donors (Lipinski definition) is 2. The molecule has 0 spiro atoms. The summed E-state index contributed by atoms with van der Waals surface area (Å²) < 4.78 is 14.4. The number of rotatable bonds is 8. The summed E-state index contributed by atoms with van der Waals surface area (Å²) >= 11 is 4.51. The van der Waals surface area contributed by atoms with E-state index in [9.17, 15) is 4.39 Å². The lowest BCUT2D eigenvalue weighted by Crippen LogP contribution is -2.45. The van der Waals surface area contributed by atoms with Crippen molar-refractivity contribution in [3.05, 3.63) is 59.7 Å². The van der Waals surface area contributed by atoms with Gasteiger partial charge in [0.25, 0.3) is 0 Å². The van der Waals surface area contributed by atoms with Crippen molar-refractivity contribution in [3.8, 4) is 0 Å². The van der Waals surface area contributed by atoms with Gasteiger partial charge in [0.05, 0.1) is 5.03 Å². The summed E-state index contributed by atoms with van der Waals surface area (Å²) in [5.74, 6) is 0.760. The van der Waals surface area contributed by atoms with Gasteiger partial charge in [-0.25, -0.2) is 4.39 Å². The summed E-state index contributed by atoms with van der Waals surface area (Å²) in [6, 6.07) is 0.586. The first kappa shape index (κ1) is 24.8. The molecule has 1 fully saturated rings. The minimum Gasteiger partial charge on any atom is -0.362 e. The average molecular weight is 407 g/mol. The Morgan fingerprint density at radius 3 is 2.43 bits per heavy atom. The first-order valence-electron chi connectivity index (χ1n) is 10.2. The Morgan fingerprint density at radius 1 is 1.36 bits per heavy atom. The predicted molar refractivity (Wildman–Crippen MR) is 125 cm³/mol. The van der Waals surface area contributed by atoms with Crippen LogP contribution in [0.1, 0.15) is 48.0 Å². The molecular weight excluding hydrogens is 367 g/mol. The van der Waals surface area contributed by atoms with Gasteiger partial charge in [0.2, 0.25) is 0 Å². The highest BCUT2D eigenvalue weighted by molar-refractivity contribution is 7.84. The van der Waals surface area contributed by atoms with E-state index >= 15 is 0 Å². The van der Waals surface area contributed by atoms with E-state index in [1.165, 1.54) is 0 Å². The summed E-state index contributed by atoms with van der Waals surface area (Å²) in [6.45, 7) is 25.9. The molecule has 1 aliphatic rings. The minimum absolute atomic E-state index is 0.230. The standard InChI is InChI=1S/C24H39FN2S/c1-10-21(13-22(11-2)24(8,9)25)18(5)17(4)12-23-19(6)27(20(7)28)15-16(3)14-26-23/h10-11,13,16-17,19,23,26,28H,1,5,7,12,14-15H2,2-4,6,8-9H3/b21-13+,22-11+/t16-,17+,19?,23?/m1/s1. The fraction of sp³-hybridized carbons (Fsp3) is 0.583. The molecule has 0 amide bonds. The van der Waals surface area contributed by atoms with Crippen LogP contribution in [0.4, 0.5) is 4.39 Å². The largest absolute Gasteiger partial charge is 0.362 e. The van der Waals surface area contributed by atoms with E-state index in [1.807, 2.05) is 19.1 Å². The molecule has 1 aliphatic heterocycles. The molecule has 4 heteroatoms. The number of nitrogens with one attached hydrogen (secondary N) is 1. The molecule has 0 saturated carbocycles. The van der Waals surface area contributed by atoms with Crippen molar-refractivity contribution in [3.63, 3.8) is 0 Å². The van der Waals surface area contributed by atoms with Crippen LogP contribution in [0.3, 0.4) is 0 Å². The molecule has 1 heterocycles. The molecule has 2 nitrogen and oxygen atoms in total. The molecule has 28 heavy (non-hydrogen) atoms. The zero-order valence-electron chi connectivity index (χ0n) is 18.6. The van der Waals surface area contributed by atoms with Crippen molar-refractivity contribution in [2.24, 2.45) is 11.8 Å². The number of allylic oxidation sites excluding steroid dienone is 6. The Morgan fingerprint density at radius 2 is 1.96 bits per heavy atom. The molecular formula is C24H39FN2S. The summed E-state index contributed by atoms with van der Waals surface area (Å²) in [4.78, 5) is 2.28. The second-order valence-electron chi connectivity index (χ2n) is 8.61. The molecule has 4 atom stereocenters. The molecule has 0 aromatic carbocycles. The summed E-state index contributed by atoms with van der Waals surface area (Å²) in [5.41, 5.74) is 1.13. The number of alkyl halides is 1. The topological polar surface area (TPSA) is 15.3 Å². The maximum Gasteiger partial charge on any atom is 0.130 e. The van der Waals surface area contributed by atoms with Gasteiger partial charge in [0.1, 0.15) is 5.67 Å². The Labute approximate surface area is 177 Å². The van der Waals surface area contributed by atoms with Gasteiger partial charge >= 0.3 is 0 Å². The van der Waals surface area contributed by atoms with Gasteiger partial charge in [-0.1, -0.05) is 45.7 Å². The second-order valence-corrected chi connectivity index (χ2v) is 9.13. The van der Waals surface area contributed by atoms with Crippen LogP contribution in [0.15, 0.2) is 59.7 Å². The van der Waals surface area contributed by atoms with Crippen molar-refractivity contribution >= 4 is 12.6 Å². The Hall–Kier alpha value is -1.26. The molecule has 0 aliphatic carbocycles. The van der Waals surface area contributed by atoms with E-state index in [1.54, 1.807) is 19.9 Å². The first-order valence-corrected chi connectivity index (χ1v) is 10.6. The van der Waals surface area contributed by atoms with Crippen LogP contribution in [0.5, 0.6) is 0 Å². The monoisotopic (exact) mass is 406 g/mol. The van der Waals surface area contributed by atoms with Crippen molar-refractivity contribution in [2.75, 3.05) is 13.1 Å². The number of halogens is 1. The highest BCUT2D eigenvalue weighted by Gasteiger charge is 2.30. The van der Waals surface area contributed by atoms with E-state index in [4.69, 9.17) is 0 Å². The number of thiol groups is 1. The zero-order chi connectivity index (χ0) is 21.6. The first-order chi connectivity index (χ1) is 12.9.